The van der Waals surface area contributed by atoms with Gasteiger partial charge in [-0.1, -0.05) is 86.5 Å². The van der Waals surface area contributed by atoms with Gasteiger partial charge in [-0.15, -0.1) is 0 Å². The second-order valence-electron chi connectivity index (χ2n) is 4.54. The standard InChI is InChI=1S/C18H12Br2/c19-14-7-5-6-13(12-14)15-8-1-2-9-16(15)17-10-3-4-11-18(17)20/h1-12H. The Kier molecular flexibility index (Phi) is 4.04. The molecule has 2 heteroatoms. The first kappa shape index (κ1) is 13.6. The van der Waals surface area contributed by atoms with Gasteiger partial charge in [0.2, 0.25) is 0 Å². The molecule has 98 valence electrons. The lowest BCUT2D eigenvalue weighted by molar-refractivity contribution is 1.55. The molecule has 0 saturated carbocycles. The van der Waals surface area contributed by atoms with Crippen LogP contribution in [0.3, 0.4) is 0 Å². The van der Waals surface area contributed by atoms with Crippen molar-refractivity contribution < 1.29 is 0 Å². The van der Waals surface area contributed by atoms with Crippen molar-refractivity contribution in [2.45, 2.75) is 0 Å². The van der Waals surface area contributed by atoms with E-state index in [-0.39, 0.29) is 0 Å². The van der Waals surface area contributed by atoms with Crippen LogP contribution in [0.2, 0.25) is 0 Å². The third-order valence-corrected chi connectivity index (χ3v) is 4.41. The Labute approximate surface area is 135 Å². The van der Waals surface area contributed by atoms with Gasteiger partial charge in [0, 0.05) is 8.95 Å². The first-order valence-corrected chi connectivity index (χ1v) is 7.94. The molecule has 0 fully saturated rings. The van der Waals surface area contributed by atoms with Crippen LogP contribution < -0.4 is 0 Å². The molecule has 0 aliphatic rings. The molecule has 0 bridgehead atoms. The van der Waals surface area contributed by atoms with Crippen molar-refractivity contribution in [3.05, 3.63) is 81.7 Å². The van der Waals surface area contributed by atoms with Gasteiger partial charge in [-0.05, 0) is 40.5 Å². The van der Waals surface area contributed by atoms with Crippen LogP contribution in [0.25, 0.3) is 22.3 Å². The van der Waals surface area contributed by atoms with Crippen molar-refractivity contribution in [2.24, 2.45) is 0 Å². The molecule has 3 aromatic carbocycles. The molecule has 0 saturated heterocycles. The highest BCUT2D eigenvalue weighted by molar-refractivity contribution is 9.10. The van der Waals surface area contributed by atoms with Crippen molar-refractivity contribution in [2.75, 3.05) is 0 Å². The predicted octanol–water partition coefficient (Wildman–Crippen LogP) is 6.55. The van der Waals surface area contributed by atoms with Crippen LogP contribution in [0, 0.1) is 0 Å². The number of halogens is 2. The van der Waals surface area contributed by atoms with Gasteiger partial charge >= 0.3 is 0 Å². The first-order chi connectivity index (χ1) is 9.75. The van der Waals surface area contributed by atoms with E-state index in [2.05, 4.69) is 92.5 Å². The van der Waals surface area contributed by atoms with Crippen LogP contribution in [-0.4, -0.2) is 0 Å². The highest BCUT2D eigenvalue weighted by Gasteiger charge is 2.09. The second kappa shape index (κ2) is 5.94. The van der Waals surface area contributed by atoms with Gasteiger partial charge in [0.05, 0.1) is 0 Å². The van der Waals surface area contributed by atoms with Crippen molar-refractivity contribution >= 4 is 31.9 Å². The number of hydrogen-bond acceptors (Lipinski definition) is 0. The Balaban J connectivity index is 2.22. The summed E-state index contributed by atoms with van der Waals surface area (Å²) in [4.78, 5) is 0. The molecule has 20 heavy (non-hydrogen) atoms. The zero-order valence-electron chi connectivity index (χ0n) is 10.7. The Bertz CT molecular complexity index is 748. The van der Waals surface area contributed by atoms with Crippen molar-refractivity contribution in [1.82, 2.24) is 0 Å². The molecule has 0 aromatic heterocycles. The van der Waals surface area contributed by atoms with Crippen molar-refractivity contribution in [3.8, 4) is 22.3 Å². The van der Waals surface area contributed by atoms with E-state index in [4.69, 9.17) is 0 Å². The van der Waals surface area contributed by atoms with E-state index in [0.717, 1.165) is 8.95 Å². The fraction of sp³-hybridized carbons (Fsp3) is 0. The van der Waals surface area contributed by atoms with E-state index in [1.165, 1.54) is 22.3 Å². The van der Waals surface area contributed by atoms with Crippen molar-refractivity contribution in [3.63, 3.8) is 0 Å². The molecule has 0 aliphatic heterocycles. The Hall–Kier alpha value is -1.38. The Morgan fingerprint density at radius 1 is 0.550 bits per heavy atom. The number of hydrogen-bond donors (Lipinski definition) is 0. The third kappa shape index (κ3) is 2.72. The van der Waals surface area contributed by atoms with Gasteiger partial charge in [-0.2, -0.15) is 0 Å². The molecule has 0 nitrogen and oxygen atoms in total. The maximum atomic E-state index is 3.64. The highest BCUT2D eigenvalue weighted by Crippen LogP contribution is 2.36. The van der Waals surface area contributed by atoms with Crippen molar-refractivity contribution in [1.29, 1.82) is 0 Å². The Morgan fingerprint density at radius 2 is 1.20 bits per heavy atom. The van der Waals surface area contributed by atoms with Gasteiger partial charge in [0.1, 0.15) is 0 Å². The third-order valence-electron chi connectivity index (χ3n) is 3.23. The largest absolute Gasteiger partial charge is 0.0616 e. The molecule has 3 aromatic rings. The summed E-state index contributed by atoms with van der Waals surface area (Å²) in [7, 11) is 0. The summed E-state index contributed by atoms with van der Waals surface area (Å²) in [6.07, 6.45) is 0. The quantitative estimate of drug-likeness (QED) is 0.467. The Morgan fingerprint density at radius 3 is 1.90 bits per heavy atom. The van der Waals surface area contributed by atoms with E-state index in [0.29, 0.717) is 0 Å². The van der Waals surface area contributed by atoms with Crippen LogP contribution in [0.1, 0.15) is 0 Å². The summed E-state index contributed by atoms with van der Waals surface area (Å²) in [5.41, 5.74) is 4.90. The lowest BCUT2D eigenvalue weighted by Crippen LogP contribution is -1.86. The summed E-state index contributed by atoms with van der Waals surface area (Å²) in [6.45, 7) is 0. The van der Waals surface area contributed by atoms with E-state index in [1.807, 2.05) is 12.1 Å². The molecule has 0 aliphatic carbocycles. The normalized spacial score (nSPS) is 10.5. The van der Waals surface area contributed by atoms with Gasteiger partial charge in [0.25, 0.3) is 0 Å². The lowest BCUT2D eigenvalue weighted by Gasteiger charge is -2.12. The molecule has 0 radical (unpaired) electrons. The van der Waals surface area contributed by atoms with Gasteiger partial charge in [-0.25, -0.2) is 0 Å². The lowest BCUT2D eigenvalue weighted by atomic mass is 9.95. The number of benzene rings is 3. The molecule has 0 amide bonds. The van der Waals surface area contributed by atoms with Crippen LogP contribution in [0.4, 0.5) is 0 Å². The first-order valence-electron chi connectivity index (χ1n) is 6.35. The summed E-state index contributed by atoms with van der Waals surface area (Å²) in [5, 5.41) is 0. The molecule has 0 unspecified atom stereocenters. The topological polar surface area (TPSA) is 0 Å². The second-order valence-corrected chi connectivity index (χ2v) is 6.31. The van der Waals surface area contributed by atoms with E-state index in [1.54, 1.807) is 0 Å². The fourth-order valence-corrected chi connectivity index (χ4v) is 3.20. The summed E-state index contributed by atoms with van der Waals surface area (Å²) >= 11 is 7.19. The minimum absolute atomic E-state index is 1.09. The van der Waals surface area contributed by atoms with E-state index in [9.17, 15) is 0 Å². The molecule has 0 N–H and O–H groups in total. The van der Waals surface area contributed by atoms with Gasteiger partial charge in [0.15, 0.2) is 0 Å². The van der Waals surface area contributed by atoms with Crippen LogP contribution in [0.15, 0.2) is 81.7 Å². The molecule has 0 atom stereocenters. The van der Waals surface area contributed by atoms with E-state index >= 15 is 0 Å². The smallest absolute Gasteiger partial charge is 0.0253 e. The monoisotopic (exact) mass is 386 g/mol. The van der Waals surface area contributed by atoms with Crippen LogP contribution in [0.5, 0.6) is 0 Å². The van der Waals surface area contributed by atoms with Gasteiger partial charge in [-0.3, -0.25) is 0 Å². The fourth-order valence-electron chi connectivity index (χ4n) is 2.31. The van der Waals surface area contributed by atoms with Crippen LogP contribution >= 0.6 is 31.9 Å². The minimum Gasteiger partial charge on any atom is -0.0616 e. The zero-order valence-corrected chi connectivity index (χ0v) is 13.9. The predicted molar refractivity (Wildman–Crippen MR) is 92.7 cm³/mol. The van der Waals surface area contributed by atoms with Crippen LogP contribution in [-0.2, 0) is 0 Å². The maximum Gasteiger partial charge on any atom is 0.0253 e. The molecule has 0 spiro atoms. The molecule has 0 heterocycles. The summed E-state index contributed by atoms with van der Waals surface area (Å²) in [5.74, 6) is 0. The average Bonchev–Trinajstić information content (AvgIpc) is 2.48. The molecule has 3 rings (SSSR count). The highest BCUT2D eigenvalue weighted by atomic mass is 79.9. The molecular formula is C18H12Br2. The summed E-state index contributed by atoms with van der Waals surface area (Å²) < 4.78 is 2.21. The SMILES string of the molecule is Brc1cccc(-c2ccccc2-c2ccccc2Br)c1. The molecular weight excluding hydrogens is 376 g/mol. The maximum absolute atomic E-state index is 3.64. The zero-order chi connectivity index (χ0) is 13.9. The van der Waals surface area contributed by atoms with E-state index < -0.39 is 0 Å². The average molecular weight is 388 g/mol. The minimum atomic E-state index is 1.09. The summed E-state index contributed by atoms with van der Waals surface area (Å²) in [6, 6.07) is 25.2. The number of rotatable bonds is 2. The van der Waals surface area contributed by atoms with Gasteiger partial charge < -0.3 is 0 Å².